The van der Waals surface area contributed by atoms with Crippen molar-refractivity contribution in [2.24, 2.45) is 0 Å². The monoisotopic (exact) mass is 438 g/mol. The summed E-state index contributed by atoms with van der Waals surface area (Å²) >= 11 is 6.15. The molecule has 2 aromatic carbocycles. The molecule has 0 aromatic heterocycles. The van der Waals surface area contributed by atoms with Crippen molar-refractivity contribution in [3.8, 4) is 0 Å². The number of hydrogen-bond acceptors (Lipinski definition) is 4. The molecule has 31 heavy (non-hydrogen) atoms. The summed E-state index contributed by atoms with van der Waals surface area (Å²) in [6, 6.07) is 15.1. The number of halogens is 1. The predicted molar refractivity (Wildman–Crippen MR) is 120 cm³/mol. The lowest BCUT2D eigenvalue weighted by Gasteiger charge is -2.40. The Morgan fingerprint density at radius 3 is 2.52 bits per heavy atom. The topological polar surface area (TPSA) is 55.9 Å². The van der Waals surface area contributed by atoms with E-state index in [-0.39, 0.29) is 18.4 Å². The third-order valence-corrected chi connectivity index (χ3v) is 6.99. The van der Waals surface area contributed by atoms with Crippen LogP contribution in [0.25, 0.3) is 0 Å². The van der Waals surface area contributed by atoms with Gasteiger partial charge in [-0.05, 0) is 44.1 Å². The molecule has 2 amide bonds. The van der Waals surface area contributed by atoms with E-state index in [1.807, 2.05) is 58.3 Å². The Morgan fingerprint density at radius 2 is 1.74 bits per heavy atom. The molecule has 1 unspecified atom stereocenters. The summed E-state index contributed by atoms with van der Waals surface area (Å²) < 4.78 is 0. The minimum Gasteiger partial charge on any atom is -0.309 e. The number of carbonyl (C=O) groups excluding carboxylic acids is 2. The molecule has 1 N–H and O–H groups in total. The molecule has 6 nitrogen and oxygen atoms in total. The SMILES string of the molecule is O=C(CNCCN1CCCC1)N1CCN2C(=O)c3ccccc3C12c1ccc(Cl)cc1. The van der Waals surface area contributed by atoms with Crippen LogP contribution in [0.3, 0.4) is 0 Å². The lowest BCUT2D eigenvalue weighted by atomic mass is 9.90. The van der Waals surface area contributed by atoms with E-state index < -0.39 is 5.66 Å². The van der Waals surface area contributed by atoms with Crippen LogP contribution in [0.4, 0.5) is 0 Å². The van der Waals surface area contributed by atoms with E-state index in [9.17, 15) is 9.59 Å². The fraction of sp³-hybridized carbons (Fsp3) is 0.417. The van der Waals surface area contributed by atoms with Crippen LogP contribution in [-0.4, -0.2) is 72.3 Å². The summed E-state index contributed by atoms with van der Waals surface area (Å²) in [6.07, 6.45) is 2.53. The van der Waals surface area contributed by atoms with Crippen LogP contribution in [0.2, 0.25) is 5.02 Å². The zero-order chi connectivity index (χ0) is 21.4. The smallest absolute Gasteiger partial charge is 0.256 e. The van der Waals surface area contributed by atoms with Crippen molar-refractivity contribution >= 4 is 23.4 Å². The summed E-state index contributed by atoms with van der Waals surface area (Å²) in [7, 11) is 0. The van der Waals surface area contributed by atoms with E-state index in [4.69, 9.17) is 11.6 Å². The Hall–Kier alpha value is -2.41. The highest BCUT2D eigenvalue weighted by molar-refractivity contribution is 6.30. The van der Waals surface area contributed by atoms with Gasteiger partial charge in [0, 0.05) is 47.9 Å². The van der Waals surface area contributed by atoms with Crippen molar-refractivity contribution in [3.63, 3.8) is 0 Å². The van der Waals surface area contributed by atoms with E-state index in [2.05, 4.69) is 10.2 Å². The maximum absolute atomic E-state index is 13.4. The number of fused-ring (bicyclic) bond motifs is 3. The fourth-order valence-corrected chi connectivity index (χ4v) is 5.44. The van der Waals surface area contributed by atoms with Gasteiger partial charge in [-0.15, -0.1) is 0 Å². The lowest BCUT2D eigenvalue weighted by molar-refractivity contribution is -0.135. The van der Waals surface area contributed by atoms with Crippen molar-refractivity contribution in [3.05, 3.63) is 70.2 Å². The van der Waals surface area contributed by atoms with Gasteiger partial charge in [-0.2, -0.15) is 0 Å². The highest BCUT2D eigenvalue weighted by Gasteiger charge is 2.59. The van der Waals surface area contributed by atoms with Crippen molar-refractivity contribution < 1.29 is 9.59 Å². The summed E-state index contributed by atoms with van der Waals surface area (Å²) in [5.74, 6) is -0.0220. The first-order chi connectivity index (χ1) is 15.1. The zero-order valence-corrected chi connectivity index (χ0v) is 18.3. The molecule has 5 rings (SSSR count). The molecule has 0 saturated carbocycles. The second-order valence-electron chi connectivity index (χ2n) is 8.45. The maximum Gasteiger partial charge on any atom is 0.256 e. The molecule has 2 saturated heterocycles. The number of carbonyl (C=O) groups is 2. The molecule has 0 bridgehead atoms. The van der Waals surface area contributed by atoms with Gasteiger partial charge in [0.1, 0.15) is 0 Å². The van der Waals surface area contributed by atoms with Crippen molar-refractivity contribution in [1.82, 2.24) is 20.0 Å². The molecule has 1 atom stereocenters. The first kappa shape index (κ1) is 20.5. The van der Waals surface area contributed by atoms with Gasteiger partial charge in [-0.25, -0.2) is 0 Å². The minimum atomic E-state index is -0.911. The summed E-state index contributed by atoms with van der Waals surface area (Å²) in [5.41, 5.74) is 1.51. The molecule has 2 fully saturated rings. The molecule has 0 radical (unpaired) electrons. The third kappa shape index (κ3) is 3.34. The Bertz CT molecular complexity index is 989. The molecule has 0 spiro atoms. The van der Waals surface area contributed by atoms with Gasteiger partial charge in [0.15, 0.2) is 5.66 Å². The average Bonchev–Trinajstić information content (AvgIpc) is 3.49. The third-order valence-electron chi connectivity index (χ3n) is 6.73. The van der Waals surface area contributed by atoms with E-state index in [0.717, 1.165) is 37.3 Å². The van der Waals surface area contributed by atoms with Gasteiger partial charge >= 0.3 is 0 Å². The van der Waals surface area contributed by atoms with E-state index in [1.54, 1.807) is 0 Å². The molecule has 3 aliphatic rings. The molecule has 7 heteroatoms. The highest BCUT2D eigenvalue weighted by Crippen LogP contribution is 2.49. The van der Waals surface area contributed by atoms with Crippen LogP contribution in [0.15, 0.2) is 48.5 Å². The van der Waals surface area contributed by atoms with E-state index >= 15 is 0 Å². The minimum absolute atomic E-state index is 0.00313. The summed E-state index contributed by atoms with van der Waals surface area (Å²) in [4.78, 5) is 32.8. The second kappa shape index (κ2) is 8.26. The second-order valence-corrected chi connectivity index (χ2v) is 8.89. The normalized spacial score (nSPS) is 22.8. The highest BCUT2D eigenvalue weighted by atomic mass is 35.5. The Labute approximate surface area is 187 Å². The molecule has 0 aliphatic carbocycles. The van der Waals surface area contributed by atoms with Crippen molar-refractivity contribution in [2.45, 2.75) is 18.5 Å². The van der Waals surface area contributed by atoms with Crippen LogP contribution >= 0.6 is 11.6 Å². The number of likely N-dealkylation sites (tertiary alicyclic amines) is 1. The largest absolute Gasteiger partial charge is 0.309 e. The number of nitrogens with zero attached hydrogens (tertiary/aromatic N) is 3. The zero-order valence-electron chi connectivity index (χ0n) is 17.5. The number of amides is 2. The van der Waals surface area contributed by atoms with Crippen LogP contribution in [-0.2, 0) is 10.5 Å². The molecular formula is C24H27ClN4O2. The quantitative estimate of drug-likeness (QED) is 0.704. The van der Waals surface area contributed by atoms with E-state index in [0.29, 0.717) is 23.7 Å². The molecule has 2 aromatic rings. The first-order valence-electron chi connectivity index (χ1n) is 11.0. The lowest BCUT2D eigenvalue weighted by Crippen LogP contribution is -2.53. The fourth-order valence-electron chi connectivity index (χ4n) is 5.32. The molecule has 162 valence electrons. The van der Waals surface area contributed by atoms with Crippen molar-refractivity contribution in [2.75, 3.05) is 45.8 Å². The van der Waals surface area contributed by atoms with Gasteiger partial charge in [0.2, 0.25) is 5.91 Å². The van der Waals surface area contributed by atoms with Crippen LogP contribution in [0.1, 0.15) is 34.3 Å². The number of hydrogen-bond donors (Lipinski definition) is 1. The summed E-state index contributed by atoms with van der Waals surface area (Å²) in [6.45, 7) is 5.32. The van der Waals surface area contributed by atoms with E-state index in [1.165, 1.54) is 12.8 Å². The Kier molecular flexibility index (Phi) is 5.46. The summed E-state index contributed by atoms with van der Waals surface area (Å²) in [5, 5.41) is 3.95. The number of rotatable bonds is 6. The van der Waals surface area contributed by atoms with Gasteiger partial charge in [0.25, 0.3) is 5.91 Å². The standard InChI is InChI=1S/C24H27ClN4O2/c25-19-9-7-18(8-10-19)24-21-6-2-1-5-20(21)23(31)29(24)16-15-28(24)22(30)17-26-11-14-27-12-3-4-13-27/h1-2,5-10,26H,3-4,11-17H2. The average molecular weight is 439 g/mol. The van der Waals surface area contributed by atoms with Gasteiger partial charge in [-0.3, -0.25) is 9.59 Å². The molecular weight excluding hydrogens is 412 g/mol. The van der Waals surface area contributed by atoms with Gasteiger partial charge in [-0.1, -0.05) is 41.9 Å². The van der Waals surface area contributed by atoms with Crippen LogP contribution in [0.5, 0.6) is 0 Å². The predicted octanol–water partition coefficient (Wildman–Crippen LogP) is 2.52. The molecule has 3 heterocycles. The van der Waals surface area contributed by atoms with Crippen molar-refractivity contribution in [1.29, 1.82) is 0 Å². The molecule has 3 aliphatic heterocycles. The number of benzene rings is 2. The Morgan fingerprint density at radius 1 is 1.00 bits per heavy atom. The number of nitrogens with one attached hydrogen (secondary N) is 1. The Balaban J connectivity index is 1.44. The van der Waals surface area contributed by atoms with Gasteiger partial charge < -0.3 is 20.0 Å². The first-order valence-corrected chi connectivity index (χ1v) is 11.4. The maximum atomic E-state index is 13.4. The van der Waals surface area contributed by atoms with Gasteiger partial charge in [0.05, 0.1) is 6.54 Å². The van der Waals surface area contributed by atoms with Crippen LogP contribution in [0, 0.1) is 0 Å². The van der Waals surface area contributed by atoms with Crippen LogP contribution < -0.4 is 5.32 Å².